The first-order chi connectivity index (χ1) is 14.0. The quantitative estimate of drug-likeness (QED) is 0.687. The Bertz CT molecular complexity index is 1040. The van der Waals surface area contributed by atoms with Crippen LogP contribution in [0, 0.1) is 6.92 Å². The van der Waals surface area contributed by atoms with Crippen molar-refractivity contribution < 1.29 is 19.4 Å². The van der Waals surface area contributed by atoms with E-state index in [9.17, 15) is 9.90 Å². The fraction of sp³-hybridized carbons (Fsp3) is 0.174. The van der Waals surface area contributed by atoms with E-state index in [0.717, 1.165) is 22.5 Å². The number of ether oxygens (including phenoxy) is 2. The summed E-state index contributed by atoms with van der Waals surface area (Å²) in [6.45, 7) is 2.00. The molecule has 1 atom stereocenters. The Morgan fingerprint density at radius 3 is 2.21 bits per heavy atom. The smallest absolute Gasteiger partial charge is 0.262 e. The second-order valence-electron chi connectivity index (χ2n) is 6.88. The van der Waals surface area contributed by atoms with Gasteiger partial charge < -0.3 is 19.9 Å². The van der Waals surface area contributed by atoms with E-state index in [0.29, 0.717) is 5.56 Å². The highest BCUT2D eigenvalue weighted by molar-refractivity contribution is 6.12. The number of rotatable bonds is 4. The predicted octanol–water partition coefficient (Wildman–Crippen LogP) is 4.49. The molecule has 29 heavy (non-hydrogen) atoms. The van der Waals surface area contributed by atoms with Crippen LogP contribution in [0.3, 0.4) is 0 Å². The maximum absolute atomic E-state index is 13.4. The Hall–Kier alpha value is -3.67. The van der Waals surface area contributed by atoms with Gasteiger partial charge in [0.15, 0.2) is 11.5 Å². The van der Waals surface area contributed by atoms with E-state index in [4.69, 9.17) is 9.47 Å². The maximum Gasteiger partial charge on any atom is 0.262 e. The van der Waals surface area contributed by atoms with Crippen molar-refractivity contribution in [1.29, 1.82) is 0 Å². The number of aryl methyl sites for hydroxylation is 1. The summed E-state index contributed by atoms with van der Waals surface area (Å²) in [5, 5.41) is 13.7. The summed E-state index contributed by atoms with van der Waals surface area (Å²) >= 11 is 0. The van der Waals surface area contributed by atoms with Crippen LogP contribution in [0.25, 0.3) is 0 Å². The fourth-order valence-corrected chi connectivity index (χ4v) is 3.53. The summed E-state index contributed by atoms with van der Waals surface area (Å²) in [5.74, 6) is 0.356. The van der Waals surface area contributed by atoms with Crippen molar-refractivity contribution in [3.8, 4) is 17.2 Å². The van der Waals surface area contributed by atoms with E-state index in [2.05, 4.69) is 5.32 Å². The predicted molar refractivity (Wildman–Crippen MR) is 112 cm³/mol. The maximum atomic E-state index is 13.4. The Kier molecular flexibility index (Phi) is 4.76. The largest absolute Gasteiger partial charge is 0.502 e. The second-order valence-corrected chi connectivity index (χ2v) is 6.88. The Balaban J connectivity index is 1.89. The lowest BCUT2D eigenvalue weighted by Gasteiger charge is -2.38. The molecule has 4 rings (SSSR count). The van der Waals surface area contributed by atoms with E-state index < -0.39 is 6.17 Å². The van der Waals surface area contributed by atoms with Crippen molar-refractivity contribution in [3.63, 3.8) is 0 Å². The molecule has 0 unspecified atom stereocenters. The summed E-state index contributed by atoms with van der Waals surface area (Å²) in [5.41, 5.74) is 3.94. The zero-order chi connectivity index (χ0) is 20.5. The zero-order valence-electron chi connectivity index (χ0n) is 16.5. The van der Waals surface area contributed by atoms with Gasteiger partial charge in [0.25, 0.3) is 5.91 Å². The number of hydrogen-bond acceptors (Lipinski definition) is 5. The van der Waals surface area contributed by atoms with Gasteiger partial charge in [-0.15, -0.1) is 0 Å². The molecule has 1 aliphatic rings. The lowest BCUT2D eigenvalue weighted by Crippen LogP contribution is -2.43. The third-order valence-electron chi connectivity index (χ3n) is 5.06. The van der Waals surface area contributed by atoms with E-state index in [1.54, 1.807) is 23.1 Å². The highest BCUT2D eigenvalue weighted by atomic mass is 16.5. The third kappa shape index (κ3) is 3.23. The van der Waals surface area contributed by atoms with Gasteiger partial charge in [0, 0.05) is 16.9 Å². The average molecular weight is 390 g/mol. The third-order valence-corrected chi connectivity index (χ3v) is 5.06. The standard InChI is InChI=1S/C23H22N2O4/c1-14-8-10-16(11-9-14)25-22(24-18-7-5-4-6-17(18)23(25)27)15-12-19(28-2)21(26)20(13-15)29-3/h4-13,22,24,26H,1-3H3/t22-/m1/s1. The molecule has 0 aliphatic carbocycles. The number of phenols is 1. The van der Waals surface area contributed by atoms with Crippen LogP contribution in [0.5, 0.6) is 17.2 Å². The van der Waals surface area contributed by atoms with Crippen LogP contribution in [0.15, 0.2) is 60.7 Å². The van der Waals surface area contributed by atoms with Crippen LogP contribution >= 0.6 is 0 Å². The number of anilines is 2. The number of methoxy groups -OCH3 is 2. The van der Waals surface area contributed by atoms with Gasteiger partial charge >= 0.3 is 0 Å². The molecule has 148 valence electrons. The van der Waals surface area contributed by atoms with E-state index in [-0.39, 0.29) is 23.2 Å². The van der Waals surface area contributed by atoms with E-state index >= 15 is 0 Å². The summed E-state index contributed by atoms with van der Waals surface area (Å²) < 4.78 is 10.6. The fourth-order valence-electron chi connectivity index (χ4n) is 3.53. The molecule has 0 spiro atoms. The molecule has 2 N–H and O–H groups in total. The molecule has 6 heteroatoms. The van der Waals surface area contributed by atoms with Gasteiger partial charge in [-0.2, -0.15) is 0 Å². The molecule has 0 saturated heterocycles. The number of phenolic OH excluding ortho intramolecular Hbond substituents is 1. The van der Waals surface area contributed by atoms with Crippen LogP contribution in [0.2, 0.25) is 0 Å². The molecule has 0 radical (unpaired) electrons. The number of hydrogen-bond donors (Lipinski definition) is 2. The van der Waals surface area contributed by atoms with Crippen molar-refractivity contribution >= 4 is 17.3 Å². The van der Waals surface area contributed by atoms with Gasteiger partial charge in [0.1, 0.15) is 6.17 Å². The number of benzene rings is 3. The molecule has 3 aromatic rings. The number of nitrogens with one attached hydrogen (secondary N) is 1. The van der Waals surface area contributed by atoms with Crippen LogP contribution in [0.4, 0.5) is 11.4 Å². The van der Waals surface area contributed by atoms with Crippen LogP contribution in [-0.2, 0) is 0 Å². The highest BCUT2D eigenvalue weighted by Crippen LogP contribution is 2.43. The van der Waals surface area contributed by atoms with Gasteiger partial charge in [0.2, 0.25) is 5.75 Å². The molecule has 0 saturated carbocycles. The van der Waals surface area contributed by atoms with Gasteiger partial charge in [-0.1, -0.05) is 29.8 Å². The summed E-state index contributed by atoms with van der Waals surface area (Å²) in [7, 11) is 2.95. The number of aromatic hydroxyl groups is 1. The minimum Gasteiger partial charge on any atom is -0.502 e. The van der Waals surface area contributed by atoms with Crippen molar-refractivity contribution in [3.05, 3.63) is 77.4 Å². The molecule has 1 amide bonds. The molecule has 0 bridgehead atoms. The number of carbonyl (C=O) groups is 1. The SMILES string of the molecule is COc1cc([C@@H]2Nc3ccccc3C(=O)N2c2ccc(C)cc2)cc(OC)c1O. The first-order valence-corrected chi connectivity index (χ1v) is 9.24. The number of para-hydroxylation sites is 1. The van der Waals surface area contributed by atoms with Gasteiger partial charge in [-0.3, -0.25) is 9.69 Å². The molecule has 0 fully saturated rings. The summed E-state index contributed by atoms with van der Waals surface area (Å²) in [6, 6.07) is 18.6. The van der Waals surface area contributed by atoms with Crippen LogP contribution in [0.1, 0.15) is 27.7 Å². The molecule has 6 nitrogen and oxygen atoms in total. The van der Waals surface area contributed by atoms with Crippen molar-refractivity contribution in [2.75, 3.05) is 24.4 Å². The minimum atomic E-state index is -0.511. The van der Waals surface area contributed by atoms with Crippen molar-refractivity contribution in [2.24, 2.45) is 0 Å². The zero-order valence-corrected chi connectivity index (χ0v) is 16.5. The Morgan fingerprint density at radius 1 is 0.966 bits per heavy atom. The second kappa shape index (κ2) is 7.39. The first kappa shape index (κ1) is 18.7. The van der Waals surface area contributed by atoms with Gasteiger partial charge in [-0.25, -0.2) is 0 Å². The van der Waals surface area contributed by atoms with E-state index in [1.165, 1.54) is 14.2 Å². The Morgan fingerprint density at radius 2 is 1.59 bits per heavy atom. The van der Waals surface area contributed by atoms with Crippen LogP contribution in [-0.4, -0.2) is 25.2 Å². The molecule has 3 aromatic carbocycles. The number of fused-ring (bicyclic) bond motifs is 1. The van der Waals surface area contributed by atoms with E-state index in [1.807, 2.05) is 49.4 Å². The van der Waals surface area contributed by atoms with Gasteiger partial charge in [0.05, 0.1) is 19.8 Å². The lowest BCUT2D eigenvalue weighted by molar-refractivity contribution is 0.0975. The molecule has 1 aliphatic heterocycles. The normalized spacial score (nSPS) is 15.5. The summed E-state index contributed by atoms with van der Waals surface area (Å²) in [6.07, 6.45) is -0.511. The molecule has 1 heterocycles. The average Bonchev–Trinajstić information content (AvgIpc) is 2.75. The highest BCUT2D eigenvalue weighted by Gasteiger charge is 2.35. The molecular formula is C23H22N2O4. The molecule has 0 aromatic heterocycles. The summed E-state index contributed by atoms with van der Waals surface area (Å²) in [4.78, 5) is 15.1. The topological polar surface area (TPSA) is 71.0 Å². The van der Waals surface area contributed by atoms with Crippen molar-refractivity contribution in [2.45, 2.75) is 13.1 Å². The number of carbonyl (C=O) groups excluding carboxylic acids is 1. The number of nitrogens with zero attached hydrogens (tertiary/aromatic N) is 1. The minimum absolute atomic E-state index is 0.0804. The molecular weight excluding hydrogens is 368 g/mol. The van der Waals surface area contributed by atoms with Gasteiger partial charge in [-0.05, 0) is 43.3 Å². The monoisotopic (exact) mass is 390 g/mol. The lowest BCUT2D eigenvalue weighted by atomic mass is 10.0. The Labute approximate surface area is 169 Å². The number of amides is 1. The first-order valence-electron chi connectivity index (χ1n) is 9.24. The van der Waals surface area contributed by atoms with Crippen molar-refractivity contribution in [1.82, 2.24) is 0 Å². The van der Waals surface area contributed by atoms with Crippen LogP contribution < -0.4 is 19.7 Å².